The summed E-state index contributed by atoms with van der Waals surface area (Å²) in [5, 5.41) is 0.636. The number of fused-ring (bicyclic) bond motifs is 1. The van der Waals surface area contributed by atoms with Crippen molar-refractivity contribution in [1.29, 1.82) is 0 Å². The van der Waals surface area contributed by atoms with Crippen molar-refractivity contribution in [2.24, 2.45) is 0 Å². The smallest absolute Gasteiger partial charge is 0.289 e. The highest BCUT2D eigenvalue weighted by molar-refractivity contribution is 7.98. The molecule has 1 aromatic carbocycles. The van der Waals surface area contributed by atoms with Gasteiger partial charge >= 0.3 is 0 Å². The molecule has 0 bridgehead atoms. The molecule has 13 heteroatoms. The van der Waals surface area contributed by atoms with Crippen LogP contribution in [0.4, 0.5) is 5.82 Å². The van der Waals surface area contributed by atoms with Crippen LogP contribution in [0.15, 0.2) is 46.0 Å². The Morgan fingerprint density at radius 3 is 2.44 bits per heavy atom. The maximum absolute atomic E-state index is 12.9. The minimum absolute atomic E-state index is 0.0317. The van der Waals surface area contributed by atoms with Gasteiger partial charge in [-0.05, 0) is 29.8 Å². The van der Waals surface area contributed by atoms with Crippen LogP contribution in [0.2, 0.25) is 0 Å². The number of carbonyl (C=O) groups excluding carboxylic acids is 2. The fraction of sp³-hybridized carbons (Fsp3) is 0.467. The lowest BCUT2D eigenvalue weighted by molar-refractivity contribution is -0.130. The molecule has 43 heavy (non-hydrogen) atoms. The number of hydrogen-bond acceptors (Lipinski definition) is 11. The summed E-state index contributed by atoms with van der Waals surface area (Å²) in [5.41, 5.74) is 2.02. The van der Waals surface area contributed by atoms with Crippen LogP contribution in [-0.4, -0.2) is 103 Å². The number of amides is 2. The van der Waals surface area contributed by atoms with E-state index in [1.807, 2.05) is 18.2 Å². The van der Waals surface area contributed by atoms with E-state index in [1.165, 1.54) is 17.3 Å². The highest BCUT2D eigenvalue weighted by atomic mass is 32.2. The third-order valence-corrected chi connectivity index (χ3v) is 8.67. The van der Waals surface area contributed by atoms with Gasteiger partial charge in [0.1, 0.15) is 11.6 Å². The van der Waals surface area contributed by atoms with Crippen LogP contribution < -0.4 is 14.4 Å². The first-order valence-corrected chi connectivity index (χ1v) is 15.4. The molecule has 6 rings (SSSR count). The number of furan rings is 1. The molecule has 5 heterocycles. The Morgan fingerprint density at radius 2 is 1.67 bits per heavy atom. The lowest BCUT2D eigenvalue weighted by Gasteiger charge is -2.35. The second-order valence-corrected chi connectivity index (χ2v) is 11.7. The number of rotatable bonds is 9. The molecule has 2 saturated heterocycles. The minimum atomic E-state index is -0.155. The van der Waals surface area contributed by atoms with Crippen molar-refractivity contribution >= 4 is 29.4 Å². The molecule has 3 aromatic rings. The minimum Gasteiger partial charge on any atom is -0.455 e. The second-order valence-electron chi connectivity index (χ2n) is 10.7. The Kier molecular flexibility index (Phi) is 9.00. The quantitative estimate of drug-likeness (QED) is 0.264. The highest BCUT2D eigenvalue weighted by Crippen LogP contribution is 2.33. The van der Waals surface area contributed by atoms with Crippen LogP contribution in [0.1, 0.15) is 34.5 Å². The number of thioether (sulfide) groups is 1. The second kappa shape index (κ2) is 13.2. The number of methoxy groups -OCH3 is 1. The Balaban J connectivity index is 1.04. The monoisotopic (exact) mass is 608 g/mol. The lowest BCUT2D eigenvalue weighted by atomic mass is 10.1. The molecule has 0 N–H and O–H groups in total. The zero-order valence-electron chi connectivity index (χ0n) is 24.5. The predicted octanol–water partition coefficient (Wildman–Crippen LogP) is 2.86. The molecule has 0 saturated carbocycles. The summed E-state index contributed by atoms with van der Waals surface area (Å²) in [4.78, 5) is 42.3. The molecule has 0 unspecified atom stereocenters. The normalized spacial score (nSPS) is 17.0. The Hall–Kier alpha value is -3.81. The van der Waals surface area contributed by atoms with Gasteiger partial charge in [-0.25, -0.2) is 9.97 Å². The van der Waals surface area contributed by atoms with Crippen LogP contribution >= 0.6 is 11.8 Å². The first-order valence-electron chi connectivity index (χ1n) is 14.4. The Labute approximate surface area is 254 Å². The van der Waals surface area contributed by atoms with Crippen molar-refractivity contribution in [2.45, 2.75) is 31.0 Å². The summed E-state index contributed by atoms with van der Waals surface area (Å²) in [7, 11) is 1.66. The van der Waals surface area contributed by atoms with E-state index in [4.69, 9.17) is 23.6 Å². The lowest BCUT2D eigenvalue weighted by Crippen LogP contribution is -2.50. The van der Waals surface area contributed by atoms with Crippen molar-refractivity contribution in [3.63, 3.8) is 0 Å². The van der Waals surface area contributed by atoms with Gasteiger partial charge < -0.3 is 33.3 Å². The maximum atomic E-state index is 12.9. The summed E-state index contributed by atoms with van der Waals surface area (Å²) in [6.45, 7) is 8.68. The van der Waals surface area contributed by atoms with Crippen molar-refractivity contribution in [3.05, 3.63) is 59.2 Å². The van der Waals surface area contributed by atoms with Gasteiger partial charge in [0, 0.05) is 79.0 Å². The van der Waals surface area contributed by atoms with E-state index in [0.717, 1.165) is 55.7 Å². The first kappa shape index (κ1) is 29.3. The van der Waals surface area contributed by atoms with Crippen LogP contribution in [-0.2, 0) is 28.4 Å². The van der Waals surface area contributed by atoms with Gasteiger partial charge in [-0.2, -0.15) is 0 Å². The molecule has 0 radical (unpaired) electrons. The fourth-order valence-corrected chi connectivity index (χ4v) is 6.19. The standard InChI is InChI=1S/C30H36N6O6S/c1-21(37)34-11-13-36(14-12-34)29(38)26-6-4-24(42-26)19-43-30-31-23(18-39-2)16-28(32-30)35-9-7-33(8-10-35)17-22-3-5-25-27(15-22)41-20-40-25/h3-6,15-16H,7-14,17-20H2,1-2H3. The van der Waals surface area contributed by atoms with Gasteiger partial charge in [-0.15, -0.1) is 0 Å². The van der Waals surface area contributed by atoms with Crippen LogP contribution in [0.25, 0.3) is 0 Å². The summed E-state index contributed by atoms with van der Waals surface area (Å²) in [6, 6.07) is 11.7. The molecule has 3 aliphatic heterocycles. The number of anilines is 1. The van der Waals surface area contributed by atoms with E-state index in [2.05, 4.69) is 26.9 Å². The first-order chi connectivity index (χ1) is 20.9. The van der Waals surface area contributed by atoms with Gasteiger partial charge in [-0.3, -0.25) is 14.5 Å². The average molecular weight is 609 g/mol. The van der Waals surface area contributed by atoms with Crippen LogP contribution in [0.5, 0.6) is 11.5 Å². The number of ether oxygens (including phenoxy) is 3. The summed E-state index contributed by atoms with van der Waals surface area (Å²) < 4.78 is 22.2. The van der Waals surface area contributed by atoms with Crippen molar-refractivity contribution in [2.75, 3.05) is 71.2 Å². The van der Waals surface area contributed by atoms with Gasteiger partial charge in [-0.1, -0.05) is 17.8 Å². The Bertz CT molecular complexity index is 1450. The van der Waals surface area contributed by atoms with E-state index in [0.29, 0.717) is 55.2 Å². The van der Waals surface area contributed by atoms with E-state index < -0.39 is 0 Å². The topological polar surface area (TPSA) is 114 Å². The SMILES string of the molecule is COCc1cc(N2CCN(Cc3ccc4c(c3)OCO4)CC2)nc(SCc2ccc(C(=O)N3CCN(C(C)=O)CC3)o2)n1. The number of hydrogen-bond donors (Lipinski definition) is 0. The molecular formula is C30H36N6O6S. The zero-order chi connectivity index (χ0) is 29.8. The van der Waals surface area contributed by atoms with E-state index in [-0.39, 0.29) is 18.6 Å². The van der Waals surface area contributed by atoms with Crippen molar-refractivity contribution < 1.29 is 28.2 Å². The predicted molar refractivity (Wildman–Crippen MR) is 159 cm³/mol. The van der Waals surface area contributed by atoms with E-state index in [1.54, 1.807) is 29.9 Å². The number of benzene rings is 1. The molecule has 2 aromatic heterocycles. The molecule has 0 spiro atoms. The molecule has 2 amide bonds. The summed E-state index contributed by atoms with van der Waals surface area (Å²) in [5.74, 6) is 3.85. The van der Waals surface area contributed by atoms with Gasteiger partial charge in [0.2, 0.25) is 12.7 Å². The number of nitrogens with zero attached hydrogens (tertiary/aromatic N) is 6. The number of carbonyl (C=O) groups is 2. The maximum Gasteiger partial charge on any atom is 0.289 e. The van der Waals surface area contributed by atoms with Gasteiger partial charge in [0.05, 0.1) is 18.1 Å². The van der Waals surface area contributed by atoms with Crippen molar-refractivity contribution in [1.82, 2.24) is 24.7 Å². The highest BCUT2D eigenvalue weighted by Gasteiger charge is 2.26. The van der Waals surface area contributed by atoms with E-state index in [9.17, 15) is 9.59 Å². The largest absolute Gasteiger partial charge is 0.455 e. The zero-order valence-corrected chi connectivity index (χ0v) is 25.3. The van der Waals surface area contributed by atoms with Crippen LogP contribution in [0.3, 0.4) is 0 Å². The molecular weight excluding hydrogens is 572 g/mol. The van der Waals surface area contributed by atoms with Gasteiger partial charge in [0.15, 0.2) is 22.4 Å². The third kappa shape index (κ3) is 7.06. The van der Waals surface area contributed by atoms with Crippen LogP contribution in [0, 0.1) is 0 Å². The Morgan fingerprint density at radius 1 is 0.907 bits per heavy atom. The molecule has 12 nitrogen and oxygen atoms in total. The van der Waals surface area contributed by atoms with Gasteiger partial charge in [0.25, 0.3) is 5.91 Å². The molecule has 3 aliphatic rings. The number of piperazine rings is 2. The van der Waals surface area contributed by atoms with Crippen molar-refractivity contribution in [3.8, 4) is 11.5 Å². The third-order valence-electron chi connectivity index (χ3n) is 7.80. The molecule has 0 aliphatic carbocycles. The summed E-state index contributed by atoms with van der Waals surface area (Å²) >= 11 is 1.47. The molecule has 228 valence electrons. The van der Waals surface area contributed by atoms with E-state index >= 15 is 0 Å². The average Bonchev–Trinajstić information content (AvgIpc) is 3.70. The fourth-order valence-electron chi connectivity index (χ4n) is 5.43. The summed E-state index contributed by atoms with van der Waals surface area (Å²) in [6.07, 6.45) is 0. The number of aromatic nitrogens is 2. The molecule has 0 atom stereocenters. The molecule has 2 fully saturated rings.